The fraction of sp³-hybridized carbons (Fsp3) is 0.429. The molecule has 1 heterocycles. The lowest BCUT2D eigenvalue weighted by Crippen LogP contribution is -2.18. The number of amidine groups is 1. The highest BCUT2D eigenvalue weighted by Gasteiger charge is 2.14. The summed E-state index contributed by atoms with van der Waals surface area (Å²) in [5.41, 5.74) is 7.42. The summed E-state index contributed by atoms with van der Waals surface area (Å²) >= 11 is 1.60. The van der Waals surface area contributed by atoms with E-state index >= 15 is 0 Å². The molecule has 0 aliphatic heterocycles. The molecule has 0 aliphatic rings. The zero-order chi connectivity index (χ0) is 15.2. The number of nitrogens with one attached hydrogen (secondary N) is 1. The normalized spacial score (nSPS) is 13.5. The zero-order valence-corrected chi connectivity index (χ0v) is 13.0. The van der Waals surface area contributed by atoms with Crippen molar-refractivity contribution < 1.29 is 9.94 Å². The van der Waals surface area contributed by atoms with Gasteiger partial charge in [0.1, 0.15) is 11.6 Å². The predicted octanol–water partition coefficient (Wildman–Crippen LogP) is 2.97. The van der Waals surface area contributed by atoms with Crippen LogP contribution in [0.3, 0.4) is 0 Å². The zero-order valence-electron chi connectivity index (χ0n) is 12.2. The number of hydrogen-bond acceptors (Lipinski definition) is 5. The molecular formula is C14H20N4O2S. The van der Waals surface area contributed by atoms with Gasteiger partial charge in [-0.15, -0.1) is 0 Å². The van der Waals surface area contributed by atoms with Crippen molar-refractivity contribution in [2.24, 2.45) is 10.9 Å². The molecule has 7 heteroatoms. The largest absolute Gasteiger partial charge is 0.494 e. The monoisotopic (exact) mass is 308 g/mol. The standard InChI is InChI=1S/C14H20N4O2S/c1-3-10(8-13(15)18-19)21-14-16-11-6-5-9(20-4-2)7-12(11)17-14/h5-7,10,19H,3-4,8H2,1-2H3,(H2,15,18)(H,16,17). The molecule has 0 bridgehead atoms. The van der Waals surface area contributed by atoms with Crippen molar-refractivity contribution in [1.82, 2.24) is 9.97 Å². The van der Waals surface area contributed by atoms with E-state index < -0.39 is 0 Å². The Labute approximate surface area is 127 Å². The topological polar surface area (TPSA) is 96.5 Å². The molecule has 0 fully saturated rings. The number of hydrogen-bond donors (Lipinski definition) is 3. The molecule has 0 radical (unpaired) electrons. The molecule has 2 rings (SSSR count). The molecule has 21 heavy (non-hydrogen) atoms. The average Bonchev–Trinajstić information content (AvgIpc) is 2.88. The third-order valence-electron chi connectivity index (χ3n) is 3.04. The summed E-state index contributed by atoms with van der Waals surface area (Å²) in [7, 11) is 0. The molecule has 6 nitrogen and oxygen atoms in total. The summed E-state index contributed by atoms with van der Waals surface area (Å²) in [6.45, 7) is 4.66. The number of nitrogens with two attached hydrogens (primary N) is 1. The summed E-state index contributed by atoms with van der Waals surface area (Å²) in [4.78, 5) is 7.82. The van der Waals surface area contributed by atoms with Crippen LogP contribution in [0.25, 0.3) is 11.0 Å². The van der Waals surface area contributed by atoms with Crippen molar-refractivity contribution in [3.63, 3.8) is 0 Å². The Hall–Kier alpha value is -1.89. The van der Waals surface area contributed by atoms with Gasteiger partial charge in [-0.25, -0.2) is 4.98 Å². The second-order valence-corrected chi connectivity index (χ2v) is 5.89. The number of fused-ring (bicyclic) bond motifs is 1. The average molecular weight is 308 g/mol. The molecule has 114 valence electrons. The third-order valence-corrected chi connectivity index (χ3v) is 4.29. The molecule has 4 N–H and O–H groups in total. The van der Waals surface area contributed by atoms with Gasteiger partial charge < -0.3 is 20.7 Å². The Balaban J connectivity index is 2.14. The van der Waals surface area contributed by atoms with E-state index in [1.807, 2.05) is 25.1 Å². The first-order valence-corrected chi connectivity index (χ1v) is 7.79. The molecule has 1 aromatic carbocycles. The van der Waals surface area contributed by atoms with Gasteiger partial charge in [-0.3, -0.25) is 0 Å². The van der Waals surface area contributed by atoms with Crippen LogP contribution in [0.15, 0.2) is 28.5 Å². The van der Waals surface area contributed by atoms with Crippen LogP contribution in [-0.2, 0) is 0 Å². The van der Waals surface area contributed by atoms with Gasteiger partial charge in [0.15, 0.2) is 5.16 Å². The number of thioether (sulfide) groups is 1. The van der Waals surface area contributed by atoms with E-state index in [1.54, 1.807) is 11.8 Å². The minimum Gasteiger partial charge on any atom is -0.494 e. The molecule has 2 aromatic rings. The second kappa shape index (κ2) is 7.21. The van der Waals surface area contributed by atoms with E-state index in [4.69, 9.17) is 15.7 Å². The van der Waals surface area contributed by atoms with Crippen LogP contribution in [-0.4, -0.2) is 32.9 Å². The van der Waals surface area contributed by atoms with Gasteiger partial charge in [0, 0.05) is 17.7 Å². The summed E-state index contributed by atoms with van der Waals surface area (Å²) in [6.07, 6.45) is 1.43. The van der Waals surface area contributed by atoms with Crippen molar-refractivity contribution in [2.75, 3.05) is 6.61 Å². The van der Waals surface area contributed by atoms with Crippen molar-refractivity contribution in [3.8, 4) is 5.75 Å². The first-order chi connectivity index (χ1) is 10.2. The third kappa shape index (κ3) is 4.04. The van der Waals surface area contributed by atoms with Crippen LogP contribution < -0.4 is 10.5 Å². The van der Waals surface area contributed by atoms with Gasteiger partial charge in [0.05, 0.1) is 17.6 Å². The molecule has 1 atom stereocenters. The maximum absolute atomic E-state index is 8.66. The highest BCUT2D eigenvalue weighted by Crippen LogP contribution is 2.28. The molecule has 0 aliphatic carbocycles. The molecule has 0 saturated heterocycles. The predicted molar refractivity (Wildman–Crippen MR) is 85.2 cm³/mol. The highest BCUT2D eigenvalue weighted by atomic mass is 32.2. The fourth-order valence-corrected chi connectivity index (χ4v) is 3.04. The number of aromatic nitrogens is 2. The number of rotatable bonds is 7. The van der Waals surface area contributed by atoms with Crippen LogP contribution in [0.2, 0.25) is 0 Å². The van der Waals surface area contributed by atoms with Gasteiger partial charge in [0.2, 0.25) is 0 Å². The first-order valence-electron chi connectivity index (χ1n) is 6.91. The number of oxime groups is 1. The number of nitrogens with zero attached hydrogens (tertiary/aromatic N) is 2. The van der Waals surface area contributed by atoms with Crippen molar-refractivity contribution in [1.29, 1.82) is 0 Å². The van der Waals surface area contributed by atoms with E-state index in [0.29, 0.717) is 13.0 Å². The lowest BCUT2D eigenvalue weighted by molar-refractivity contribution is 0.316. The Kier molecular flexibility index (Phi) is 5.32. The van der Waals surface area contributed by atoms with E-state index in [0.717, 1.165) is 28.4 Å². The Morgan fingerprint density at radius 2 is 2.33 bits per heavy atom. The summed E-state index contributed by atoms with van der Waals surface area (Å²) in [6, 6.07) is 5.79. The van der Waals surface area contributed by atoms with E-state index in [2.05, 4.69) is 22.0 Å². The highest BCUT2D eigenvalue weighted by molar-refractivity contribution is 7.99. The van der Waals surface area contributed by atoms with Crippen LogP contribution in [0.1, 0.15) is 26.7 Å². The number of aromatic amines is 1. The quantitative estimate of drug-likeness (QED) is 0.240. The van der Waals surface area contributed by atoms with Crippen molar-refractivity contribution in [2.45, 2.75) is 37.1 Å². The van der Waals surface area contributed by atoms with E-state index in [-0.39, 0.29) is 11.1 Å². The Morgan fingerprint density at radius 1 is 1.52 bits per heavy atom. The Morgan fingerprint density at radius 3 is 3.00 bits per heavy atom. The number of H-pyrrole nitrogens is 1. The van der Waals surface area contributed by atoms with Crippen LogP contribution >= 0.6 is 11.8 Å². The molecule has 1 unspecified atom stereocenters. The number of benzene rings is 1. The van der Waals surface area contributed by atoms with Crippen molar-refractivity contribution >= 4 is 28.6 Å². The minimum absolute atomic E-state index is 0.216. The smallest absolute Gasteiger partial charge is 0.166 e. The molecule has 0 saturated carbocycles. The maximum Gasteiger partial charge on any atom is 0.166 e. The molecule has 0 amide bonds. The molecular weight excluding hydrogens is 288 g/mol. The summed E-state index contributed by atoms with van der Waals surface area (Å²) in [5, 5.41) is 12.7. The summed E-state index contributed by atoms with van der Waals surface area (Å²) < 4.78 is 5.48. The van der Waals surface area contributed by atoms with Gasteiger partial charge in [-0.2, -0.15) is 0 Å². The SMILES string of the molecule is CCOc1ccc2nc(SC(CC)C/C(N)=N/O)[nH]c2c1. The lowest BCUT2D eigenvalue weighted by atomic mass is 10.2. The van der Waals surface area contributed by atoms with E-state index in [1.165, 1.54) is 0 Å². The van der Waals surface area contributed by atoms with Crippen LogP contribution in [0.4, 0.5) is 0 Å². The van der Waals surface area contributed by atoms with Crippen LogP contribution in [0, 0.1) is 0 Å². The minimum atomic E-state index is 0.216. The maximum atomic E-state index is 8.66. The van der Waals surface area contributed by atoms with Crippen LogP contribution in [0.5, 0.6) is 5.75 Å². The number of ether oxygens (including phenoxy) is 1. The summed E-state index contributed by atoms with van der Waals surface area (Å²) in [5.74, 6) is 1.07. The van der Waals surface area contributed by atoms with Crippen molar-refractivity contribution in [3.05, 3.63) is 18.2 Å². The van der Waals surface area contributed by atoms with Gasteiger partial charge in [-0.1, -0.05) is 23.8 Å². The second-order valence-electron chi connectivity index (χ2n) is 4.60. The van der Waals surface area contributed by atoms with Gasteiger partial charge >= 0.3 is 0 Å². The molecule has 1 aromatic heterocycles. The lowest BCUT2D eigenvalue weighted by Gasteiger charge is -2.10. The van der Waals surface area contributed by atoms with E-state index in [9.17, 15) is 0 Å². The fourth-order valence-electron chi connectivity index (χ4n) is 1.98. The first kappa shape index (κ1) is 15.5. The number of imidazole rings is 1. The Bertz CT molecular complexity index is 626. The van der Waals surface area contributed by atoms with Gasteiger partial charge in [0.25, 0.3) is 0 Å². The van der Waals surface area contributed by atoms with Gasteiger partial charge in [-0.05, 0) is 25.5 Å². The molecule has 0 spiro atoms.